The molecule has 1 amide bonds. The molecule has 1 aliphatic carbocycles. The lowest BCUT2D eigenvalue weighted by Crippen LogP contribution is -2.32. The van der Waals surface area contributed by atoms with Crippen molar-refractivity contribution in [1.82, 2.24) is 5.32 Å². The number of fused-ring (bicyclic) bond motifs is 1. The Morgan fingerprint density at radius 2 is 1.84 bits per heavy atom. The molecule has 0 spiro atoms. The van der Waals surface area contributed by atoms with Gasteiger partial charge in [0.2, 0.25) is 5.91 Å². The van der Waals surface area contributed by atoms with E-state index in [1.54, 1.807) is 12.1 Å². The van der Waals surface area contributed by atoms with Gasteiger partial charge in [-0.2, -0.15) is 0 Å². The molecule has 6 heteroatoms. The van der Waals surface area contributed by atoms with Crippen molar-refractivity contribution in [3.63, 3.8) is 0 Å². The van der Waals surface area contributed by atoms with Crippen molar-refractivity contribution in [3.8, 4) is 0 Å². The van der Waals surface area contributed by atoms with Crippen LogP contribution in [0.15, 0.2) is 53.4 Å². The van der Waals surface area contributed by atoms with E-state index in [4.69, 9.17) is 11.6 Å². The summed E-state index contributed by atoms with van der Waals surface area (Å²) in [6.45, 7) is 0. The molecule has 3 rings (SSSR count). The second-order valence-corrected chi connectivity index (χ2v) is 8.70. The fraction of sp³-hybridized carbons (Fsp3) is 0.316. The maximum atomic E-state index is 12.4. The summed E-state index contributed by atoms with van der Waals surface area (Å²) in [6, 6.07) is 14.3. The molecule has 0 saturated carbocycles. The Kier molecular flexibility index (Phi) is 5.45. The van der Waals surface area contributed by atoms with E-state index in [2.05, 4.69) is 11.4 Å². The van der Waals surface area contributed by atoms with Gasteiger partial charge in [-0.3, -0.25) is 4.79 Å². The van der Waals surface area contributed by atoms with Crippen LogP contribution in [0.3, 0.4) is 0 Å². The zero-order valence-corrected chi connectivity index (χ0v) is 15.3. The Bertz CT molecular complexity index is 880. The average Bonchev–Trinajstić information content (AvgIpc) is 2.61. The minimum atomic E-state index is -3.58. The number of carbonyl (C=O) groups excluding carboxylic acids is 1. The van der Waals surface area contributed by atoms with E-state index in [0.717, 1.165) is 24.8 Å². The van der Waals surface area contributed by atoms with Crippen LogP contribution in [-0.4, -0.2) is 20.1 Å². The van der Waals surface area contributed by atoms with Gasteiger partial charge in [0.1, 0.15) is 0 Å². The fourth-order valence-electron chi connectivity index (χ4n) is 3.20. The number of rotatable bonds is 5. The highest BCUT2D eigenvalue weighted by Gasteiger charge is 2.23. The second-order valence-electron chi connectivity index (χ2n) is 6.21. The molecule has 132 valence electrons. The SMILES string of the molecule is O=C(CCS(=O)(=O)c1ccccc1Cl)N[C@H]1CCCc2ccccc21. The summed E-state index contributed by atoms with van der Waals surface area (Å²) in [7, 11) is -3.58. The molecule has 0 aromatic heterocycles. The van der Waals surface area contributed by atoms with Crippen LogP contribution in [0.25, 0.3) is 0 Å². The summed E-state index contributed by atoms with van der Waals surface area (Å²) >= 11 is 5.96. The zero-order valence-electron chi connectivity index (χ0n) is 13.7. The molecule has 0 heterocycles. The van der Waals surface area contributed by atoms with E-state index >= 15 is 0 Å². The minimum absolute atomic E-state index is 0.0412. The quantitative estimate of drug-likeness (QED) is 0.864. The van der Waals surface area contributed by atoms with Crippen LogP contribution in [0.5, 0.6) is 0 Å². The Labute approximate surface area is 153 Å². The van der Waals surface area contributed by atoms with E-state index in [9.17, 15) is 13.2 Å². The molecule has 1 N–H and O–H groups in total. The number of benzene rings is 2. The van der Waals surface area contributed by atoms with Gasteiger partial charge in [0.05, 0.1) is 21.7 Å². The Hall–Kier alpha value is -1.85. The number of amides is 1. The van der Waals surface area contributed by atoms with Gasteiger partial charge < -0.3 is 5.32 Å². The third kappa shape index (κ3) is 4.22. The smallest absolute Gasteiger partial charge is 0.221 e. The van der Waals surface area contributed by atoms with Crippen LogP contribution in [0, 0.1) is 0 Å². The molecule has 0 bridgehead atoms. The molecular weight excluding hydrogens is 358 g/mol. The van der Waals surface area contributed by atoms with Crippen molar-refractivity contribution in [2.24, 2.45) is 0 Å². The molecule has 1 aliphatic rings. The topological polar surface area (TPSA) is 63.2 Å². The molecule has 2 aromatic rings. The standard InChI is InChI=1S/C19H20ClNO3S/c20-16-9-3-4-11-18(16)25(23,24)13-12-19(22)21-17-10-5-7-14-6-1-2-8-15(14)17/h1-4,6,8-9,11,17H,5,7,10,12-13H2,(H,21,22)/t17-/m0/s1. The first-order valence-corrected chi connectivity index (χ1v) is 10.3. The lowest BCUT2D eigenvalue weighted by atomic mass is 9.88. The van der Waals surface area contributed by atoms with Crippen molar-refractivity contribution < 1.29 is 13.2 Å². The van der Waals surface area contributed by atoms with E-state index < -0.39 is 9.84 Å². The van der Waals surface area contributed by atoms with Gasteiger partial charge in [-0.25, -0.2) is 8.42 Å². The molecule has 0 aliphatic heterocycles. The van der Waals surface area contributed by atoms with E-state index in [0.29, 0.717) is 0 Å². The molecule has 0 unspecified atom stereocenters. The Morgan fingerprint density at radius 1 is 1.12 bits per heavy atom. The van der Waals surface area contributed by atoms with Crippen molar-refractivity contribution in [2.75, 3.05) is 5.75 Å². The number of hydrogen-bond donors (Lipinski definition) is 1. The molecule has 4 nitrogen and oxygen atoms in total. The van der Waals surface area contributed by atoms with E-state index in [1.165, 1.54) is 17.7 Å². The van der Waals surface area contributed by atoms with E-state index in [1.807, 2.05) is 18.2 Å². The first-order valence-electron chi connectivity index (χ1n) is 8.32. The Morgan fingerprint density at radius 3 is 2.64 bits per heavy atom. The fourth-order valence-corrected chi connectivity index (χ4v) is 5.02. The highest BCUT2D eigenvalue weighted by molar-refractivity contribution is 7.91. The van der Waals surface area contributed by atoms with Gasteiger partial charge in [0.25, 0.3) is 0 Å². The van der Waals surface area contributed by atoms with Crippen LogP contribution in [-0.2, 0) is 21.1 Å². The molecule has 0 saturated heterocycles. The van der Waals surface area contributed by atoms with Crippen molar-refractivity contribution >= 4 is 27.3 Å². The molecule has 0 radical (unpaired) electrons. The summed E-state index contributed by atoms with van der Waals surface area (Å²) in [5, 5.41) is 3.16. The lowest BCUT2D eigenvalue weighted by molar-refractivity contribution is -0.121. The van der Waals surface area contributed by atoms with Gasteiger partial charge in [-0.15, -0.1) is 0 Å². The zero-order chi connectivity index (χ0) is 17.9. The number of sulfone groups is 1. The van der Waals surface area contributed by atoms with Crippen LogP contribution in [0.4, 0.5) is 0 Å². The van der Waals surface area contributed by atoms with Crippen molar-refractivity contribution in [3.05, 3.63) is 64.7 Å². The normalized spacial score (nSPS) is 16.9. The van der Waals surface area contributed by atoms with Gasteiger partial charge in [-0.1, -0.05) is 48.0 Å². The summed E-state index contributed by atoms with van der Waals surface area (Å²) < 4.78 is 24.8. The largest absolute Gasteiger partial charge is 0.349 e. The number of halogens is 1. The highest BCUT2D eigenvalue weighted by Crippen LogP contribution is 2.29. The number of nitrogens with one attached hydrogen (secondary N) is 1. The molecule has 2 aromatic carbocycles. The van der Waals surface area contributed by atoms with Crippen LogP contribution in [0.2, 0.25) is 5.02 Å². The minimum Gasteiger partial charge on any atom is -0.349 e. The summed E-state index contributed by atoms with van der Waals surface area (Å²) in [6.07, 6.45) is 2.83. The van der Waals surface area contributed by atoms with Crippen molar-refractivity contribution in [2.45, 2.75) is 36.6 Å². The highest BCUT2D eigenvalue weighted by atomic mass is 35.5. The monoisotopic (exact) mass is 377 g/mol. The first kappa shape index (κ1) is 18.0. The van der Waals surface area contributed by atoms with Gasteiger partial charge in [0.15, 0.2) is 9.84 Å². The summed E-state index contributed by atoms with van der Waals surface area (Å²) in [4.78, 5) is 12.4. The number of aryl methyl sites for hydroxylation is 1. The third-order valence-corrected chi connectivity index (χ3v) is 6.68. The number of hydrogen-bond acceptors (Lipinski definition) is 3. The molecule has 1 atom stereocenters. The maximum absolute atomic E-state index is 12.4. The number of carbonyl (C=O) groups is 1. The van der Waals surface area contributed by atoms with Gasteiger partial charge in [-0.05, 0) is 42.5 Å². The molecular formula is C19H20ClNO3S. The predicted molar refractivity (Wildman–Crippen MR) is 98.4 cm³/mol. The summed E-state index contributed by atoms with van der Waals surface area (Å²) in [5.41, 5.74) is 2.39. The second kappa shape index (κ2) is 7.58. The van der Waals surface area contributed by atoms with Crippen molar-refractivity contribution in [1.29, 1.82) is 0 Å². The summed E-state index contributed by atoms with van der Waals surface area (Å²) in [5.74, 6) is -0.506. The van der Waals surface area contributed by atoms with Crippen LogP contribution in [0.1, 0.15) is 36.4 Å². The third-order valence-electron chi connectivity index (χ3n) is 4.47. The molecule has 25 heavy (non-hydrogen) atoms. The Balaban J connectivity index is 1.64. The van der Waals surface area contributed by atoms with Crippen LogP contribution >= 0.6 is 11.6 Å². The predicted octanol–water partition coefficient (Wildman–Crippen LogP) is 3.70. The van der Waals surface area contributed by atoms with Gasteiger partial charge >= 0.3 is 0 Å². The van der Waals surface area contributed by atoms with E-state index in [-0.39, 0.29) is 34.0 Å². The molecule has 0 fully saturated rings. The van der Waals surface area contributed by atoms with Gasteiger partial charge in [0, 0.05) is 6.42 Å². The maximum Gasteiger partial charge on any atom is 0.221 e. The van der Waals surface area contributed by atoms with Crippen LogP contribution < -0.4 is 5.32 Å². The lowest BCUT2D eigenvalue weighted by Gasteiger charge is -2.26. The average molecular weight is 378 g/mol. The first-order chi connectivity index (χ1) is 12.0.